The summed E-state index contributed by atoms with van der Waals surface area (Å²) in [5.41, 5.74) is 5.04. The molecule has 0 spiro atoms. The second-order valence-corrected chi connectivity index (χ2v) is 7.40. The molecular weight excluding hydrogens is 299 g/mol. The predicted octanol–water partition coefficient (Wildman–Crippen LogP) is 2.30. The summed E-state index contributed by atoms with van der Waals surface area (Å²) in [6.45, 7) is -0.0227. The van der Waals surface area contributed by atoms with Gasteiger partial charge >= 0.3 is 6.18 Å². The van der Waals surface area contributed by atoms with Gasteiger partial charge in [-0.3, -0.25) is 0 Å². The Bertz CT molecular complexity index is 541. The molecule has 0 aromatic heterocycles. The zero-order valence-electron chi connectivity index (χ0n) is 10.2. The van der Waals surface area contributed by atoms with Crippen molar-refractivity contribution in [3.05, 3.63) is 29.3 Å². The molecule has 2 N–H and O–H groups in total. The monoisotopic (exact) mass is 313 g/mol. The topological polar surface area (TPSA) is 60.2 Å². The summed E-state index contributed by atoms with van der Waals surface area (Å²) in [5.74, 6) is 0.264. The van der Waals surface area contributed by atoms with Crippen molar-refractivity contribution in [1.82, 2.24) is 0 Å². The van der Waals surface area contributed by atoms with E-state index in [1.807, 2.05) is 0 Å². The summed E-state index contributed by atoms with van der Waals surface area (Å²) >= 11 is 1.19. The van der Waals surface area contributed by atoms with Gasteiger partial charge in [-0.15, -0.1) is 11.8 Å². The molecule has 3 nitrogen and oxygen atoms in total. The minimum Gasteiger partial charge on any atom is -0.326 e. The molecule has 0 aliphatic carbocycles. The van der Waals surface area contributed by atoms with E-state index in [-0.39, 0.29) is 18.1 Å². The van der Waals surface area contributed by atoms with Crippen LogP contribution >= 0.6 is 11.8 Å². The van der Waals surface area contributed by atoms with Gasteiger partial charge in [0.2, 0.25) is 0 Å². The molecule has 0 amide bonds. The highest BCUT2D eigenvalue weighted by molar-refractivity contribution is 8.00. The van der Waals surface area contributed by atoms with Gasteiger partial charge in [0.05, 0.1) is 11.3 Å². The summed E-state index contributed by atoms with van der Waals surface area (Å²) in [6.07, 6.45) is -3.29. The average molecular weight is 313 g/mol. The third-order valence-corrected chi connectivity index (χ3v) is 4.64. The highest BCUT2D eigenvalue weighted by Gasteiger charge is 2.30. The minimum absolute atomic E-state index is 0.0227. The highest BCUT2D eigenvalue weighted by Crippen LogP contribution is 2.33. The molecule has 0 bridgehead atoms. The second kappa shape index (κ2) is 6.15. The molecule has 0 saturated heterocycles. The van der Waals surface area contributed by atoms with Crippen molar-refractivity contribution < 1.29 is 21.6 Å². The molecule has 108 valence electrons. The maximum Gasteiger partial charge on any atom is 0.416 e. The number of nitrogens with two attached hydrogens (primary N) is 1. The van der Waals surface area contributed by atoms with Gasteiger partial charge in [0.1, 0.15) is 9.84 Å². The quantitative estimate of drug-likeness (QED) is 0.847. The maximum absolute atomic E-state index is 12.5. The predicted molar refractivity (Wildman–Crippen MR) is 69.8 cm³/mol. The van der Waals surface area contributed by atoms with Gasteiger partial charge in [0.15, 0.2) is 0 Å². The molecule has 8 heteroatoms. The number of sulfone groups is 1. The van der Waals surface area contributed by atoms with Crippen LogP contribution in [0.5, 0.6) is 0 Å². The third kappa shape index (κ3) is 5.42. The van der Waals surface area contributed by atoms with Crippen molar-refractivity contribution in [2.45, 2.75) is 17.6 Å². The number of hydrogen-bond acceptors (Lipinski definition) is 4. The molecule has 0 atom stereocenters. The lowest BCUT2D eigenvalue weighted by atomic mass is 10.1. The smallest absolute Gasteiger partial charge is 0.326 e. The van der Waals surface area contributed by atoms with Crippen molar-refractivity contribution >= 4 is 21.6 Å². The normalized spacial score (nSPS) is 12.7. The highest BCUT2D eigenvalue weighted by atomic mass is 32.2. The number of hydrogen-bond donors (Lipinski definition) is 1. The summed E-state index contributed by atoms with van der Waals surface area (Å²) in [7, 11) is -3.08. The van der Waals surface area contributed by atoms with Gasteiger partial charge in [0, 0.05) is 23.4 Å². The first-order valence-corrected chi connectivity index (χ1v) is 8.39. The molecule has 0 fully saturated rings. The number of thioether (sulfide) groups is 1. The molecule has 0 heterocycles. The minimum atomic E-state index is -4.40. The fraction of sp³-hybridized carbons (Fsp3) is 0.455. The van der Waals surface area contributed by atoms with Crippen LogP contribution in [0.4, 0.5) is 13.2 Å². The lowest BCUT2D eigenvalue weighted by Crippen LogP contribution is -2.09. The van der Waals surface area contributed by atoms with Crippen LogP contribution in [0.2, 0.25) is 0 Å². The summed E-state index contributed by atoms with van der Waals surface area (Å²) in [4.78, 5) is 0.583. The number of alkyl halides is 3. The fourth-order valence-electron chi connectivity index (χ4n) is 1.36. The van der Waals surface area contributed by atoms with Crippen molar-refractivity contribution in [1.29, 1.82) is 0 Å². The molecule has 1 aromatic carbocycles. The second-order valence-electron chi connectivity index (χ2n) is 4.00. The van der Waals surface area contributed by atoms with Gasteiger partial charge in [-0.05, 0) is 23.8 Å². The molecule has 1 aromatic rings. The van der Waals surface area contributed by atoms with Crippen LogP contribution in [0.25, 0.3) is 0 Å². The molecule has 0 radical (unpaired) electrons. The van der Waals surface area contributed by atoms with Crippen LogP contribution in [0.3, 0.4) is 0 Å². The maximum atomic E-state index is 12.5. The Balaban J connectivity index is 2.85. The zero-order valence-corrected chi connectivity index (χ0v) is 11.8. The molecule has 0 aliphatic heterocycles. The Kier molecular flexibility index (Phi) is 5.28. The lowest BCUT2D eigenvalue weighted by Gasteiger charge is -2.12. The van der Waals surface area contributed by atoms with Crippen molar-refractivity contribution in [2.24, 2.45) is 5.73 Å². The first kappa shape index (κ1) is 16.3. The Morgan fingerprint density at radius 3 is 2.42 bits per heavy atom. The van der Waals surface area contributed by atoms with Gasteiger partial charge in [-0.1, -0.05) is 0 Å². The Morgan fingerprint density at radius 1 is 1.32 bits per heavy atom. The third-order valence-electron chi connectivity index (χ3n) is 2.32. The van der Waals surface area contributed by atoms with Gasteiger partial charge < -0.3 is 5.73 Å². The van der Waals surface area contributed by atoms with Gasteiger partial charge in [-0.2, -0.15) is 13.2 Å². The van der Waals surface area contributed by atoms with Crippen LogP contribution in [0.15, 0.2) is 23.1 Å². The molecule has 1 rings (SSSR count). The van der Waals surface area contributed by atoms with E-state index in [0.29, 0.717) is 10.5 Å². The van der Waals surface area contributed by atoms with E-state index in [0.717, 1.165) is 18.4 Å². The van der Waals surface area contributed by atoms with Crippen LogP contribution in [0, 0.1) is 0 Å². The largest absolute Gasteiger partial charge is 0.416 e. The first-order chi connectivity index (χ1) is 8.63. The molecule has 0 aliphatic rings. The van der Waals surface area contributed by atoms with Crippen LogP contribution < -0.4 is 5.73 Å². The first-order valence-electron chi connectivity index (χ1n) is 5.34. The van der Waals surface area contributed by atoms with E-state index in [1.54, 1.807) is 0 Å². The standard InChI is InChI=1S/C11H14F3NO2S2/c1-19(16,17)5-4-18-10-3-2-9(11(12,13)14)6-8(10)7-15/h2-3,6H,4-5,7,15H2,1H3. The zero-order chi connectivity index (χ0) is 14.7. The van der Waals surface area contributed by atoms with Gasteiger partial charge in [-0.25, -0.2) is 8.42 Å². The Hall–Kier alpha value is -0.730. The fourth-order valence-corrected chi connectivity index (χ4v) is 3.62. The van der Waals surface area contributed by atoms with Crippen LogP contribution in [-0.2, 0) is 22.6 Å². The van der Waals surface area contributed by atoms with Crippen molar-refractivity contribution in [3.63, 3.8) is 0 Å². The SMILES string of the molecule is CS(=O)(=O)CCSc1ccc(C(F)(F)F)cc1CN. The van der Waals surface area contributed by atoms with Gasteiger partial charge in [0.25, 0.3) is 0 Å². The van der Waals surface area contributed by atoms with Crippen LogP contribution in [-0.4, -0.2) is 26.2 Å². The Morgan fingerprint density at radius 2 is 1.95 bits per heavy atom. The molecule has 0 unspecified atom stereocenters. The van der Waals surface area contributed by atoms with E-state index in [4.69, 9.17) is 5.73 Å². The molecule has 0 saturated carbocycles. The van der Waals surface area contributed by atoms with Crippen molar-refractivity contribution in [2.75, 3.05) is 17.8 Å². The average Bonchev–Trinajstić information content (AvgIpc) is 2.26. The van der Waals surface area contributed by atoms with Crippen LogP contribution in [0.1, 0.15) is 11.1 Å². The number of halogens is 3. The lowest BCUT2D eigenvalue weighted by molar-refractivity contribution is -0.137. The summed E-state index contributed by atoms with van der Waals surface area (Å²) < 4.78 is 59.5. The van der Waals surface area contributed by atoms with E-state index in [1.165, 1.54) is 17.8 Å². The summed E-state index contributed by atoms with van der Waals surface area (Å²) in [6, 6.07) is 3.31. The van der Waals surface area contributed by atoms with E-state index >= 15 is 0 Å². The van der Waals surface area contributed by atoms with Crippen molar-refractivity contribution in [3.8, 4) is 0 Å². The molecule has 19 heavy (non-hydrogen) atoms. The van der Waals surface area contributed by atoms with E-state index < -0.39 is 21.6 Å². The molecular formula is C11H14F3NO2S2. The van der Waals surface area contributed by atoms with E-state index in [2.05, 4.69) is 0 Å². The summed E-state index contributed by atoms with van der Waals surface area (Å²) in [5, 5.41) is 0. The van der Waals surface area contributed by atoms with E-state index in [9.17, 15) is 21.6 Å². The Labute approximate surface area is 114 Å². The number of benzene rings is 1. The number of rotatable bonds is 5.